The Morgan fingerprint density at radius 2 is 1.83 bits per heavy atom. The highest BCUT2D eigenvalue weighted by molar-refractivity contribution is 6.28. The van der Waals surface area contributed by atoms with Gasteiger partial charge in [-0.1, -0.05) is 0 Å². The van der Waals surface area contributed by atoms with Crippen molar-refractivity contribution in [3.05, 3.63) is 35.2 Å². The molecule has 1 aromatic carbocycles. The molecule has 2 heterocycles. The molecule has 120 valence electrons. The van der Waals surface area contributed by atoms with Crippen LogP contribution in [0.5, 0.6) is 11.5 Å². The second-order valence-electron chi connectivity index (χ2n) is 4.99. The molecule has 0 unspecified atom stereocenters. The Labute approximate surface area is 138 Å². The monoisotopic (exact) mass is 334 g/mol. The van der Waals surface area contributed by atoms with Crippen molar-refractivity contribution in [1.82, 2.24) is 9.97 Å². The fourth-order valence-electron chi connectivity index (χ4n) is 2.44. The van der Waals surface area contributed by atoms with Gasteiger partial charge in [-0.2, -0.15) is 4.98 Å². The van der Waals surface area contributed by atoms with Gasteiger partial charge >= 0.3 is 6.03 Å². The van der Waals surface area contributed by atoms with E-state index in [2.05, 4.69) is 9.97 Å². The Bertz CT molecular complexity index is 746. The van der Waals surface area contributed by atoms with Crippen LogP contribution < -0.4 is 19.3 Å². The smallest absolute Gasteiger partial charge is 0.330 e. The Balaban J connectivity index is 2.04. The number of fused-ring (bicyclic) bond motifs is 1. The molecule has 0 fully saturated rings. The zero-order chi connectivity index (χ0) is 16.6. The van der Waals surface area contributed by atoms with Gasteiger partial charge in [0.1, 0.15) is 17.3 Å². The van der Waals surface area contributed by atoms with E-state index in [9.17, 15) is 4.79 Å². The normalized spacial score (nSPS) is 13.8. The minimum absolute atomic E-state index is 0.111. The van der Waals surface area contributed by atoms with Crippen molar-refractivity contribution in [2.75, 3.05) is 31.1 Å². The summed E-state index contributed by atoms with van der Waals surface area (Å²) in [6, 6.07) is 5.08. The average molecular weight is 335 g/mol. The highest BCUT2D eigenvalue weighted by Gasteiger charge is 2.31. The molecule has 0 saturated heterocycles. The summed E-state index contributed by atoms with van der Waals surface area (Å²) in [6.07, 6.45) is 1.62. The van der Waals surface area contributed by atoms with Gasteiger partial charge in [-0.15, -0.1) is 0 Å². The molecule has 0 spiro atoms. The largest absolute Gasteiger partial charge is 0.497 e. The van der Waals surface area contributed by atoms with Gasteiger partial charge in [0.15, 0.2) is 0 Å². The summed E-state index contributed by atoms with van der Waals surface area (Å²) in [5.74, 6) is 1.72. The Morgan fingerprint density at radius 3 is 2.43 bits per heavy atom. The number of aromatic nitrogens is 2. The molecule has 1 aromatic heterocycles. The molecule has 1 aliphatic rings. The molecular formula is C15H15ClN4O3. The van der Waals surface area contributed by atoms with Crippen LogP contribution in [0, 0.1) is 0 Å². The number of rotatable bonds is 3. The number of ether oxygens (including phenoxy) is 2. The first-order valence-corrected chi connectivity index (χ1v) is 7.21. The van der Waals surface area contributed by atoms with Crippen LogP contribution in [-0.2, 0) is 6.54 Å². The fourth-order valence-corrected chi connectivity index (χ4v) is 2.57. The molecule has 2 amide bonds. The number of urea groups is 1. The highest BCUT2D eigenvalue weighted by atomic mass is 35.5. The van der Waals surface area contributed by atoms with Crippen LogP contribution in [0.3, 0.4) is 0 Å². The minimum Gasteiger partial charge on any atom is -0.497 e. The lowest BCUT2D eigenvalue weighted by Crippen LogP contribution is -2.45. The number of hydrogen-bond donors (Lipinski definition) is 0. The van der Waals surface area contributed by atoms with Crippen molar-refractivity contribution in [1.29, 1.82) is 0 Å². The molecule has 0 radical (unpaired) electrons. The van der Waals surface area contributed by atoms with Crippen molar-refractivity contribution in [2.24, 2.45) is 0 Å². The van der Waals surface area contributed by atoms with Crippen molar-refractivity contribution in [3.8, 4) is 11.5 Å². The SMILES string of the molecule is COc1cc(OC)cc(N2Cc3cnc(Cl)nc3N(C)C2=O)c1. The zero-order valence-corrected chi connectivity index (χ0v) is 13.7. The van der Waals surface area contributed by atoms with E-state index in [1.807, 2.05) is 0 Å². The van der Waals surface area contributed by atoms with Crippen molar-refractivity contribution < 1.29 is 14.3 Å². The summed E-state index contributed by atoms with van der Waals surface area (Å²) in [7, 11) is 4.77. The first-order chi connectivity index (χ1) is 11.0. The molecular weight excluding hydrogens is 320 g/mol. The maximum absolute atomic E-state index is 12.7. The van der Waals surface area contributed by atoms with Gasteiger partial charge < -0.3 is 9.47 Å². The quantitative estimate of drug-likeness (QED) is 0.807. The Kier molecular flexibility index (Phi) is 3.96. The summed E-state index contributed by atoms with van der Waals surface area (Å²) in [4.78, 5) is 23.8. The molecule has 1 aliphatic heterocycles. The molecule has 7 nitrogen and oxygen atoms in total. The number of hydrogen-bond acceptors (Lipinski definition) is 5. The predicted octanol–water partition coefficient (Wildman–Crippen LogP) is 2.72. The van der Waals surface area contributed by atoms with E-state index < -0.39 is 0 Å². The van der Waals surface area contributed by atoms with Crippen LogP contribution in [0.4, 0.5) is 16.3 Å². The number of benzene rings is 1. The topological polar surface area (TPSA) is 67.8 Å². The van der Waals surface area contributed by atoms with Gasteiger partial charge in [0.2, 0.25) is 5.28 Å². The minimum atomic E-state index is -0.220. The summed E-state index contributed by atoms with van der Waals surface area (Å²) in [6.45, 7) is 0.339. The molecule has 0 saturated carbocycles. The van der Waals surface area contributed by atoms with E-state index >= 15 is 0 Å². The maximum Gasteiger partial charge on any atom is 0.330 e. The van der Waals surface area contributed by atoms with Crippen LogP contribution in [0.1, 0.15) is 5.56 Å². The molecule has 8 heteroatoms. The van der Waals surface area contributed by atoms with Crippen LogP contribution in [0.15, 0.2) is 24.4 Å². The van der Waals surface area contributed by atoms with Crippen LogP contribution in [0.2, 0.25) is 5.28 Å². The Morgan fingerprint density at radius 1 is 1.17 bits per heavy atom. The third-order valence-corrected chi connectivity index (χ3v) is 3.81. The van der Waals surface area contributed by atoms with Gasteiger partial charge in [-0.25, -0.2) is 9.78 Å². The van der Waals surface area contributed by atoms with E-state index in [4.69, 9.17) is 21.1 Å². The van der Waals surface area contributed by atoms with Gasteiger partial charge in [-0.05, 0) is 11.6 Å². The van der Waals surface area contributed by atoms with Gasteiger partial charge in [-0.3, -0.25) is 9.80 Å². The standard InChI is InChI=1S/C15H15ClN4O3/c1-19-13-9(7-17-14(16)18-13)8-20(15(19)21)10-4-11(22-2)6-12(5-10)23-3/h4-7H,8H2,1-3H3. The molecule has 0 N–H and O–H groups in total. The van der Waals surface area contributed by atoms with Crippen LogP contribution in [-0.4, -0.2) is 37.3 Å². The summed E-state index contributed by atoms with van der Waals surface area (Å²) >= 11 is 5.82. The second-order valence-corrected chi connectivity index (χ2v) is 5.32. The molecule has 0 bridgehead atoms. The van der Waals surface area contributed by atoms with Crippen molar-refractivity contribution in [2.45, 2.75) is 6.54 Å². The van der Waals surface area contributed by atoms with Gasteiger partial charge in [0, 0.05) is 37.0 Å². The van der Waals surface area contributed by atoms with Crippen LogP contribution in [0.25, 0.3) is 0 Å². The van der Waals surface area contributed by atoms with E-state index in [1.54, 1.807) is 50.6 Å². The number of halogens is 1. The highest BCUT2D eigenvalue weighted by Crippen LogP contribution is 2.34. The third kappa shape index (κ3) is 2.75. The molecule has 0 aliphatic carbocycles. The van der Waals surface area contributed by atoms with E-state index in [-0.39, 0.29) is 11.3 Å². The number of carbonyl (C=O) groups excluding carboxylic acids is 1. The molecule has 2 aromatic rings. The zero-order valence-electron chi connectivity index (χ0n) is 12.9. The van der Waals surface area contributed by atoms with E-state index in [1.165, 1.54) is 4.90 Å². The lowest BCUT2D eigenvalue weighted by molar-refractivity contribution is 0.251. The number of methoxy groups -OCH3 is 2. The van der Waals surface area contributed by atoms with E-state index in [0.29, 0.717) is 29.5 Å². The van der Waals surface area contributed by atoms with Crippen LogP contribution >= 0.6 is 11.6 Å². The first-order valence-electron chi connectivity index (χ1n) is 6.83. The molecule has 0 atom stereocenters. The van der Waals surface area contributed by atoms with Crippen molar-refractivity contribution in [3.63, 3.8) is 0 Å². The Hall–Kier alpha value is -2.54. The molecule has 3 rings (SSSR count). The molecule has 23 heavy (non-hydrogen) atoms. The fraction of sp³-hybridized carbons (Fsp3) is 0.267. The number of anilines is 2. The lowest BCUT2D eigenvalue weighted by atomic mass is 10.2. The second kappa shape index (κ2) is 5.92. The number of carbonyl (C=O) groups is 1. The lowest BCUT2D eigenvalue weighted by Gasteiger charge is -2.34. The summed E-state index contributed by atoms with van der Waals surface area (Å²) in [5, 5.41) is 0.111. The van der Waals surface area contributed by atoms with Gasteiger partial charge in [0.25, 0.3) is 0 Å². The van der Waals surface area contributed by atoms with E-state index in [0.717, 1.165) is 5.56 Å². The number of nitrogens with zero attached hydrogens (tertiary/aromatic N) is 4. The first kappa shape index (κ1) is 15.4. The maximum atomic E-state index is 12.7. The number of amides is 2. The average Bonchev–Trinajstić information content (AvgIpc) is 2.58. The third-order valence-electron chi connectivity index (χ3n) is 3.62. The summed E-state index contributed by atoms with van der Waals surface area (Å²) < 4.78 is 10.5. The summed E-state index contributed by atoms with van der Waals surface area (Å²) in [5.41, 5.74) is 1.47. The van der Waals surface area contributed by atoms with Gasteiger partial charge in [0.05, 0.1) is 26.5 Å². The predicted molar refractivity (Wildman–Crippen MR) is 86.6 cm³/mol. The van der Waals surface area contributed by atoms with Crippen molar-refractivity contribution >= 4 is 29.1 Å².